The molecular formula is C42H51F3N6O7. The van der Waals surface area contributed by atoms with Crippen molar-refractivity contribution in [2.75, 3.05) is 46.4 Å². The summed E-state index contributed by atoms with van der Waals surface area (Å²) in [5.74, 6) is -3.92. The molecule has 16 heteroatoms. The van der Waals surface area contributed by atoms with Crippen LogP contribution in [0.2, 0.25) is 0 Å². The number of aromatic nitrogens is 2. The zero-order valence-corrected chi connectivity index (χ0v) is 33.7. The molecule has 3 atom stereocenters. The molecule has 0 spiro atoms. The number of alkyl halides is 1. The summed E-state index contributed by atoms with van der Waals surface area (Å²) in [7, 11) is 1.35. The van der Waals surface area contributed by atoms with Crippen molar-refractivity contribution < 1.29 is 46.6 Å². The monoisotopic (exact) mass is 808 g/mol. The van der Waals surface area contributed by atoms with Crippen LogP contribution in [0.5, 0.6) is 0 Å². The summed E-state index contributed by atoms with van der Waals surface area (Å²) < 4.78 is 58.5. The number of hydrogen-bond acceptors (Lipinski definition) is 8. The summed E-state index contributed by atoms with van der Waals surface area (Å²) in [5.41, 5.74) is -0.972. The lowest BCUT2D eigenvalue weighted by atomic mass is 9.79. The maximum absolute atomic E-state index is 16.0. The molecule has 3 aromatic rings. The highest BCUT2D eigenvalue weighted by molar-refractivity contribution is 6.13. The number of nitrogens with zero attached hydrogens (tertiary/aromatic N) is 5. The molecular weight excluding hydrogens is 757 g/mol. The van der Waals surface area contributed by atoms with Gasteiger partial charge in [0.15, 0.2) is 0 Å². The van der Waals surface area contributed by atoms with Crippen molar-refractivity contribution in [2.45, 2.75) is 71.8 Å². The largest absolute Gasteiger partial charge is 0.444 e. The number of likely N-dealkylation sites (tertiary alicyclic amines) is 1. The van der Waals surface area contributed by atoms with E-state index in [1.165, 1.54) is 16.9 Å². The van der Waals surface area contributed by atoms with E-state index >= 15 is 8.78 Å². The Bertz CT molecular complexity index is 2000. The van der Waals surface area contributed by atoms with Gasteiger partial charge in [0.05, 0.1) is 18.3 Å². The molecule has 0 radical (unpaired) electrons. The van der Waals surface area contributed by atoms with Gasteiger partial charge >= 0.3 is 6.09 Å². The molecule has 3 heterocycles. The van der Waals surface area contributed by atoms with E-state index in [4.69, 9.17) is 14.5 Å². The van der Waals surface area contributed by atoms with E-state index in [-0.39, 0.29) is 69.2 Å². The van der Waals surface area contributed by atoms with Gasteiger partial charge in [-0.25, -0.2) is 22.9 Å². The smallest absolute Gasteiger partial charge is 0.410 e. The summed E-state index contributed by atoms with van der Waals surface area (Å²) in [6, 6.07) is 11.4. The molecule has 0 bridgehead atoms. The number of benzene rings is 2. The molecule has 3 unspecified atom stereocenters. The molecule has 1 fully saturated rings. The maximum atomic E-state index is 16.0. The molecule has 1 N–H and O–H groups in total. The first-order chi connectivity index (χ1) is 27.4. The summed E-state index contributed by atoms with van der Waals surface area (Å²) in [6.45, 7) is 8.14. The third kappa shape index (κ3) is 10.9. The van der Waals surface area contributed by atoms with E-state index in [9.17, 15) is 28.4 Å². The first kappa shape index (κ1) is 43.6. The first-order valence-corrected chi connectivity index (χ1v) is 19.1. The van der Waals surface area contributed by atoms with Gasteiger partial charge in [0, 0.05) is 76.1 Å². The number of carbonyl (C=O) groups excluding carboxylic acids is 5. The molecule has 0 aliphatic carbocycles. The number of halogens is 3. The fourth-order valence-electron chi connectivity index (χ4n) is 7.19. The third-order valence-corrected chi connectivity index (χ3v) is 10.1. The normalized spacial score (nSPS) is 17.5. The molecule has 2 aromatic carbocycles. The van der Waals surface area contributed by atoms with E-state index in [0.717, 1.165) is 40.8 Å². The molecule has 13 nitrogen and oxygen atoms in total. The summed E-state index contributed by atoms with van der Waals surface area (Å²) in [6.07, 6.45) is 1.73. The van der Waals surface area contributed by atoms with Crippen LogP contribution in [0.1, 0.15) is 64.9 Å². The molecule has 58 heavy (non-hydrogen) atoms. The third-order valence-electron chi connectivity index (χ3n) is 10.1. The molecule has 1 aromatic heterocycles. The Morgan fingerprint density at radius 2 is 1.69 bits per heavy atom. The second-order valence-electron chi connectivity index (χ2n) is 16.3. The Hall–Kier alpha value is -5.51. The van der Waals surface area contributed by atoms with E-state index in [1.54, 1.807) is 31.5 Å². The first-order valence-electron chi connectivity index (χ1n) is 19.1. The van der Waals surface area contributed by atoms with E-state index in [0.29, 0.717) is 0 Å². The molecule has 0 saturated carbocycles. The Morgan fingerprint density at radius 1 is 1.00 bits per heavy atom. The number of rotatable bonds is 16. The van der Waals surface area contributed by atoms with E-state index in [1.807, 2.05) is 44.2 Å². The number of imide groups is 1. The van der Waals surface area contributed by atoms with Gasteiger partial charge in [0.25, 0.3) is 11.8 Å². The minimum atomic E-state index is -1.53. The molecule has 5 rings (SSSR count). The number of imidazole rings is 1. The van der Waals surface area contributed by atoms with Gasteiger partial charge in [-0.2, -0.15) is 0 Å². The van der Waals surface area contributed by atoms with Gasteiger partial charge < -0.3 is 29.2 Å². The number of carbonyl (C=O) groups is 5. The summed E-state index contributed by atoms with van der Waals surface area (Å²) in [5, 5.41) is 2.83. The predicted octanol–water partition coefficient (Wildman–Crippen LogP) is 5.45. The lowest BCUT2D eigenvalue weighted by molar-refractivity contribution is -0.142. The molecule has 2 aliphatic rings. The van der Waals surface area contributed by atoms with Gasteiger partial charge in [-0.3, -0.25) is 24.1 Å². The number of methoxy groups -OCH3 is 1. The highest BCUT2D eigenvalue weighted by Gasteiger charge is 2.45. The zero-order valence-electron chi connectivity index (χ0n) is 33.7. The number of amides is 5. The maximum Gasteiger partial charge on any atom is 0.410 e. The molecule has 312 valence electrons. The average molecular weight is 809 g/mol. The predicted molar refractivity (Wildman–Crippen MR) is 208 cm³/mol. The molecule has 2 aliphatic heterocycles. The lowest BCUT2D eigenvalue weighted by Crippen LogP contribution is -2.49. The Kier molecular flexibility index (Phi) is 13.8. The van der Waals surface area contributed by atoms with Crippen LogP contribution in [0.4, 0.5) is 18.0 Å². The van der Waals surface area contributed by atoms with Gasteiger partial charge in [-0.15, -0.1) is 0 Å². The minimum Gasteiger partial charge on any atom is -0.444 e. The van der Waals surface area contributed by atoms with Gasteiger partial charge in [-0.05, 0) is 56.4 Å². The van der Waals surface area contributed by atoms with Crippen molar-refractivity contribution in [1.29, 1.82) is 0 Å². The van der Waals surface area contributed by atoms with Crippen molar-refractivity contribution in [2.24, 2.45) is 11.3 Å². The fourth-order valence-corrected chi connectivity index (χ4v) is 7.19. The highest BCUT2D eigenvalue weighted by Crippen LogP contribution is 2.43. The second-order valence-corrected chi connectivity index (χ2v) is 16.3. The highest BCUT2D eigenvalue weighted by atomic mass is 19.1. The topological polar surface area (TPSA) is 143 Å². The van der Waals surface area contributed by atoms with Gasteiger partial charge in [0.1, 0.15) is 35.8 Å². The van der Waals surface area contributed by atoms with E-state index in [2.05, 4.69) is 5.32 Å². The van der Waals surface area contributed by atoms with E-state index < -0.39 is 77.1 Å². The van der Waals surface area contributed by atoms with Crippen molar-refractivity contribution in [1.82, 2.24) is 29.6 Å². The number of ether oxygens (including phenoxy) is 2. The van der Waals surface area contributed by atoms with Gasteiger partial charge in [-0.1, -0.05) is 44.2 Å². The van der Waals surface area contributed by atoms with Crippen LogP contribution in [0.25, 0.3) is 11.3 Å². The van der Waals surface area contributed by atoms with Crippen LogP contribution in [-0.2, 0) is 35.2 Å². The van der Waals surface area contributed by atoms with Crippen LogP contribution in [-0.4, -0.2) is 112 Å². The average Bonchev–Trinajstić information content (AvgIpc) is 3.83. The van der Waals surface area contributed by atoms with Crippen molar-refractivity contribution >= 4 is 29.7 Å². The van der Waals surface area contributed by atoms with Crippen LogP contribution in [0.15, 0.2) is 66.9 Å². The Morgan fingerprint density at radius 3 is 2.34 bits per heavy atom. The number of hydrogen-bond donors (Lipinski definition) is 1. The van der Waals surface area contributed by atoms with Crippen LogP contribution in [0, 0.1) is 23.0 Å². The van der Waals surface area contributed by atoms with Crippen LogP contribution in [0.3, 0.4) is 0 Å². The van der Waals surface area contributed by atoms with Crippen molar-refractivity contribution in [3.63, 3.8) is 0 Å². The van der Waals surface area contributed by atoms with Crippen LogP contribution >= 0.6 is 0 Å². The standard InChI is InChI=1S/C42H51F3N6O7/c1-41(2,3)58-40(56)49-22-28(32(45)24-49)23-51(37(55)26-57-6)38(42(4,5)17-18-46-34(52)16-19-50-35(53)14-15-36(50)54)39-47-33(30-20-29(43)12-13-31(30)44)25-48(39)21-27-10-8-7-9-11-27/h7-15,20,25,28,32,38H,16-19,21-24,26H2,1-6H3,(H,46,52). The summed E-state index contributed by atoms with van der Waals surface area (Å²) in [4.78, 5) is 72.8. The van der Waals surface area contributed by atoms with Crippen LogP contribution < -0.4 is 5.32 Å². The van der Waals surface area contributed by atoms with Gasteiger partial charge in [0.2, 0.25) is 11.8 Å². The Balaban J connectivity index is 1.54. The summed E-state index contributed by atoms with van der Waals surface area (Å²) >= 11 is 0. The Labute approximate surface area is 336 Å². The fraction of sp³-hybridized carbons (Fsp3) is 0.476. The lowest BCUT2D eigenvalue weighted by Gasteiger charge is -2.43. The molecule has 1 saturated heterocycles. The van der Waals surface area contributed by atoms with Crippen molar-refractivity contribution in [3.05, 3.63) is 89.9 Å². The second kappa shape index (κ2) is 18.4. The van der Waals surface area contributed by atoms with Crippen molar-refractivity contribution in [3.8, 4) is 11.3 Å². The quantitative estimate of drug-likeness (QED) is 0.189. The molecule has 5 amide bonds. The minimum absolute atomic E-state index is 0.0498. The number of nitrogens with one attached hydrogen (secondary N) is 1. The zero-order chi connectivity index (χ0) is 42.4. The SMILES string of the molecule is COCC(=O)N(CC1CN(C(=O)OC(C)(C)C)CC1F)C(c1nc(-c2cc(F)ccc2F)cn1Cc1ccccc1)C(C)(C)CCNC(=O)CCN1C(=O)C=CC1=O.